The minimum absolute atomic E-state index is 0.00764. The van der Waals surface area contributed by atoms with Crippen LogP contribution in [0.2, 0.25) is 0 Å². The van der Waals surface area contributed by atoms with Crippen LogP contribution in [0.3, 0.4) is 0 Å². The molecule has 0 aliphatic carbocycles. The zero-order valence-electron chi connectivity index (χ0n) is 8.57. The standard InChI is InChI=1S/C8H15O7P/c9-5-1-3-7(11)14-16(13)15-8(12)4-2-6-10/h5-8,11-12,16H,1-4H2. The van der Waals surface area contributed by atoms with Crippen LogP contribution < -0.4 is 0 Å². The molecule has 8 heteroatoms. The molecule has 0 rings (SSSR count). The topological polar surface area (TPSA) is 110 Å². The first-order valence-electron chi connectivity index (χ1n) is 4.70. The van der Waals surface area contributed by atoms with E-state index >= 15 is 0 Å². The SMILES string of the molecule is O=CCCC(O)O[PH](=O)OC(O)CCC=O. The van der Waals surface area contributed by atoms with Crippen LogP contribution in [0.15, 0.2) is 0 Å². The molecule has 2 unspecified atom stereocenters. The Morgan fingerprint density at radius 3 is 1.69 bits per heavy atom. The number of aliphatic hydroxyl groups excluding tert-OH is 2. The first kappa shape index (κ1) is 15.4. The summed E-state index contributed by atoms with van der Waals surface area (Å²) in [5.74, 6) is 0. The van der Waals surface area contributed by atoms with Crippen molar-refractivity contribution in [3.05, 3.63) is 0 Å². The predicted molar refractivity (Wildman–Crippen MR) is 53.8 cm³/mol. The minimum atomic E-state index is -3.03. The average Bonchev–Trinajstić information content (AvgIpc) is 2.23. The maximum Gasteiger partial charge on any atom is 0.323 e. The van der Waals surface area contributed by atoms with E-state index in [1.807, 2.05) is 0 Å². The number of rotatable bonds is 10. The Hall–Kier alpha value is -0.590. The van der Waals surface area contributed by atoms with Gasteiger partial charge in [-0.15, -0.1) is 0 Å². The van der Waals surface area contributed by atoms with Crippen molar-refractivity contribution in [2.24, 2.45) is 0 Å². The molecule has 0 spiro atoms. The highest BCUT2D eigenvalue weighted by Gasteiger charge is 2.13. The van der Waals surface area contributed by atoms with Gasteiger partial charge in [0.05, 0.1) is 0 Å². The molecule has 0 saturated carbocycles. The van der Waals surface area contributed by atoms with Gasteiger partial charge in [-0.1, -0.05) is 0 Å². The summed E-state index contributed by atoms with van der Waals surface area (Å²) in [5, 5.41) is 18.1. The molecular formula is C8H15O7P. The van der Waals surface area contributed by atoms with Crippen molar-refractivity contribution in [2.75, 3.05) is 0 Å². The Morgan fingerprint density at radius 2 is 1.38 bits per heavy atom. The molecule has 0 aliphatic heterocycles. The van der Waals surface area contributed by atoms with Gasteiger partial charge in [0, 0.05) is 25.7 Å². The maximum atomic E-state index is 11.0. The van der Waals surface area contributed by atoms with Gasteiger partial charge in [-0.2, -0.15) is 0 Å². The molecule has 0 aromatic heterocycles. The fourth-order valence-electron chi connectivity index (χ4n) is 0.789. The summed E-state index contributed by atoms with van der Waals surface area (Å²) < 4.78 is 20.0. The lowest BCUT2D eigenvalue weighted by Crippen LogP contribution is -2.12. The molecule has 16 heavy (non-hydrogen) atoms. The molecule has 0 radical (unpaired) electrons. The third-order valence-electron chi connectivity index (χ3n) is 1.53. The van der Waals surface area contributed by atoms with Crippen LogP contribution in [0.1, 0.15) is 25.7 Å². The molecule has 0 amide bonds. The van der Waals surface area contributed by atoms with Gasteiger partial charge in [-0.25, -0.2) is 0 Å². The van der Waals surface area contributed by atoms with Crippen molar-refractivity contribution in [1.82, 2.24) is 0 Å². The highest BCUT2D eigenvalue weighted by Crippen LogP contribution is 2.28. The average molecular weight is 254 g/mol. The van der Waals surface area contributed by atoms with Crippen molar-refractivity contribution < 1.29 is 33.4 Å². The molecule has 7 nitrogen and oxygen atoms in total. The second-order valence-corrected chi connectivity index (χ2v) is 3.85. The zero-order chi connectivity index (χ0) is 12.4. The molecule has 94 valence electrons. The minimum Gasteiger partial charge on any atom is -0.368 e. The van der Waals surface area contributed by atoms with Gasteiger partial charge in [-0.05, 0) is 0 Å². The summed E-state index contributed by atoms with van der Waals surface area (Å²) in [6.07, 6.45) is -1.40. The second-order valence-electron chi connectivity index (χ2n) is 2.88. The van der Waals surface area contributed by atoms with Crippen molar-refractivity contribution >= 4 is 20.8 Å². The van der Waals surface area contributed by atoms with Gasteiger partial charge >= 0.3 is 8.25 Å². The number of hydrogen-bond donors (Lipinski definition) is 2. The monoisotopic (exact) mass is 254 g/mol. The molecule has 0 aliphatic rings. The lowest BCUT2D eigenvalue weighted by atomic mass is 10.3. The largest absolute Gasteiger partial charge is 0.368 e. The second kappa shape index (κ2) is 9.62. The number of carbonyl (C=O) groups excluding carboxylic acids is 2. The lowest BCUT2D eigenvalue weighted by molar-refractivity contribution is -0.110. The Kier molecular flexibility index (Phi) is 9.27. The van der Waals surface area contributed by atoms with Crippen LogP contribution in [0.4, 0.5) is 0 Å². The zero-order valence-corrected chi connectivity index (χ0v) is 9.57. The molecule has 0 aromatic rings. The van der Waals surface area contributed by atoms with Gasteiger partial charge in [0.1, 0.15) is 12.6 Å². The normalized spacial score (nSPS) is 16.4. The third-order valence-corrected chi connectivity index (χ3v) is 2.46. The number of aldehydes is 2. The van der Waals surface area contributed by atoms with Crippen LogP contribution in [-0.2, 0) is 23.2 Å². The van der Waals surface area contributed by atoms with Gasteiger partial charge in [0.2, 0.25) is 0 Å². The van der Waals surface area contributed by atoms with Crippen molar-refractivity contribution in [3.8, 4) is 0 Å². The quantitative estimate of drug-likeness (QED) is 0.321. The molecule has 0 bridgehead atoms. The van der Waals surface area contributed by atoms with E-state index in [4.69, 9.17) is 10.2 Å². The summed E-state index contributed by atoms with van der Waals surface area (Å²) in [6, 6.07) is 0. The summed E-state index contributed by atoms with van der Waals surface area (Å²) in [6.45, 7) is 0. The van der Waals surface area contributed by atoms with Gasteiger partial charge in [0.15, 0.2) is 12.6 Å². The Balaban J connectivity index is 3.70. The fourth-order valence-corrected chi connectivity index (χ4v) is 1.52. The van der Waals surface area contributed by atoms with Crippen molar-refractivity contribution in [2.45, 2.75) is 38.3 Å². The molecule has 0 aromatic carbocycles. The van der Waals surface area contributed by atoms with E-state index in [0.29, 0.717) is 12.6 Å². The van der Waals surface area contributed by atoms with Crippen LogP contribution in [-0.4, -0.2) is 35.4 Å². The van der Waals surface area contributed by atoms with E-state index in [9.17, 15) is 14.2 Å². The van der Waals surface area contributed by atoms with Gasteiger partial charge in [-0.3, -0.25) is 13.6 Å². The first-order chi connectivity index (χ1) is 7.60. The highest BCUT2D eigenvalue weighted by atomic mass is 31.1. The first-order valence-corrected chi connectivity index (χ1v) is 5.93. The smallest absolute Gasteiger partial charge is 0.323 e. The summed E-state index contributed by atoms with van der Waals surface area (Å²) in [4.78, 5) is 19.9. The van der Waals surface area contributed by atoms with E-state index in [1.54, 1.807) is 0 Å². The van der Waals surface area contributed by atoms with Crippen molar-refractivity contribution in [1.29, 1.82) is 0 Å². The van der Waals surface area contributed by atoms with Crippen LogP contribution in [0.25, 0.3) is 0 Å². The molecule has 0 fully saturated rings. The van der Waals surface area contributed by atoms with Crippen LogP contribution in [0.5, 0.6) is 0 Å². The molecule has 0 saturated heterocycles. The van der Waals surface area contributed by atoms with E-state index in [0.717, 1.165) is 0 Å². The maximum absolute atomic E-state index is 11.0. The summed E-state index contributed by atoms with van der Waals surface area (Å²) in [5.41, 5.74) is 0. The highest BCUT2D eigenvalue weighted by molar-refractivity contribution is 7.33. The molecule has 2 N–H and O–H groups in total. The number of carbonyl (C=O) groups is 2. The van der Waals surface area contributed by atoms with E-state index in [2.05, 4.69) is 9.05 Å². The summed E-state index contributed by atoms with van der Waals surface area (Å²) in [7, 11) is -3.03. The molecular weight excluding hydrogens is 239 g/mol. The van der Waals surface area contributed by atoms with Gasteiger partial charge in [0.25, 0.3) is 0 Å². The van der Waals surface area contributed by atoms with Crippen molar-refractivity contribution in [3.63, 3.8) is 0 Å². The Morgan fingerprint density at radius 1 is 1.00 bits per heavy atom. The van der Waals surface area contributed by atoms with Crippen LogP contribution >= 0.6 is 8.25 Å². The third kappa shape index (κ3) is 8.70. The summed E-state index contributed by atoms with van der Waals surface area (Å²) >= 11 is 0. The van der Waals surface area contributed by atoms with Crippen LogP contribution in [0, 0.1) is 0 Å². The van der Waals surface area contributed by atoms with E-state index < -0.39 is 20.8 Å². The molecule has 0 heterocycles. The van der Waals surface area contributed by atoms with Gasteiger partial charge < -0.3 is 19.8 Å². The number of aliphatic hydroxyl groups is 2. The Bertz CT molecular complexity index is 210. The predicted octanol–water partition coefficient (Wildman–Crippen LogP) is 0.00430. The fraction of sp³-hybridized carbons (Fsp3) is 0.750. The number of hydrogen-bond acceptors (Lipinski definition) is 7. The Labute approximate surface area is 93.3 Å². The lowest BCUT2D eigenvalue weighted by Gasteiger charge is -2.13. The molecule has 2 atom stereocenters. The van der Waals surface area contributed by atoms with E-state index in [-0.39, 0.29) is 25.7 Å². The van der Waals surface area contributed by atoms with E-state index in [1.165, 1.54) is 0 Å².